The van der Waals surface area contributed by atoms with Gasteiger partial charge in [0.15, 0.2) is 0 Å². The molecule has 3 aromatic heterocycles. The molecule has 0 fully saturated rings. The zero-order valence-corrected chi connectivity index (χ0v) is 24.2. The molecule has 0 aliphatic carbocycles. The molecule has 3 heterocycles. The minimum Gasteiger partial charge on any atom is -0.456 e. The monoisotopic (exact) mass is 575 g/mol. The molecule has 0 aliphatic heterocycles. The molecule has 10 aromatic rings. The lowest BCUT2D eigenvalue weighted by molar-refractivity contribution is 0.668. The highest BCUT2D eigenvalue weighted by Crippen LogP contribution is 2.40. The second-order valence-electron chi connectivity index (χ2n) is 11.7. The van der Waals surface area contributed by atoms with Gasteiger partial charge in [-0.25, -0.2) is 0 Å². The molecule has 0 unspecified atom stereocenters. The van der Waals surface area contributed by atoms with Gasteiger partial charge in [-0.1, -0.05) is 91.0 Å². The van der Waals surface area contributed by atoms with Gasteiger partial charge < -0.3 is 13.4 Å². The summed E-state index contributed by atoms with van der Waals surface area (Å²) < 4.78 is 14.7. The van der Waals surface area contributed by atoms with Gasteiger partial charge >= 0.3 is 0 Å². The van der Waals surface area contributed by atoms with Crippen LogP contribution in [0.15, 0.2) is 160 Å². The van der Waals surface area contributed by atoms with E-state index >= 15 is 0 Å². The summed E-state index contributed by atoms with van der Waals surface area (Å²) >= 11 is 0. The van der Waals surface area contributed by atoms with E-state index in [1.165, 1.54) is 44.1 Å². The predicted octanol–water partition coefficient (Wildman–Crippen LogP) is 11.9. The van der Waals surface area contributed by atoms with Crippen molar-refractivity contribution in [3.05, 3.63) is 152 Å². The number of para-hydroxylation sites is 3. The molecule has 210 valence electrons. The molecule has 0 saturated heterocycles. The van der Waals surface area contributed by atoms with Gasteiger partial charge in [0.2, 0.25) is 0 Å². The molecule has 0 atom stereocenters. The molecular weight excluding hydrogens is 550 g/mol. The zero-order valence-electron chi connectivity index (χ0n) is 24.2. The Hall–Kier alpha value is -6.06. The van der Waals surface area contributed by atoms with E-state index in [2.05, 4.69) is 132 Å². The number of aromatic nitrogens is 1. The van der Waals surface area contributed by atoms with Crippen LogP contribution < -0.4 is 0 Å². The third-order valence-corrected chi connectivity index (χ3v) is 9.20. The van der Waals surface area contributed by atoms with E-state index in [-0.39, 0.29) is 0 Å². The van der Waals surface area contributed by atoms with E-state index in [0.717, 1.165) is 49.6 Å². The molecule has 0 saturated carbocycles. The average Bonchev–Trinajstić information content (AvgIpc) is 3.77. The van der Waals surface area contributed by atoms with Crippen molar-refractivity contribution < 1.29 is 8.83 Å². The van der Waals surface area contributed by atoms with Gasteiger partial charge in [-0.15, -0.1) is 0 Å². The number of hydrogen-bond acceptors (Lipinski definition) is 2. The summed E-state index contributed by atoms with van der Waals surface area (Å²) in [6.07, 6.45) is 0. The van der Waals surface area contributed by atoms with E-state index in [1.807, 2.05) is 24.3 Å². The van der Waals surface area contributed by atoms with Crippen molar-refractivity contribution in [3.63, 3.8) is 0 Å². The predicted molar refractivity (Wildman–Crippen MR) is 186 cm³/mol. The van der Waals surface area contributed by atoms with Crippen molar-refractivity contribution >= 4 is 65.7 Å². The Balaban J connectivity index is 1.16. The fraction of sp³-hybridized carbons (Fsp3) is 0. The van der Waals surface area contributed by atoms with Crippen LogP contribution in [0.2, 0.25) is 0 Å². The standard InChI is InChI=1S/C42H25NO2/c1-4-15-36-31(11-1)34-25-28(30-14-8-18-41-42(30)33-13-3-6-17-39(33)45-41)19-21-37(34)43(36)29-10-7-9-26(23-29)27-20-22-40-35(24-27)32-12-2-5-16-38(32)44-40/h1-25H. The topological polar surface area (TPSA) is 31.2 Å². The highest BCUT2D eigenvalue weighted by atomic mass is 16.3. The number of nitrogens with zero attached hydrogens (tertiary/aromatic N) is 1. The van der Waals surface area contributed by atoms with E-state index in [0.29, 0.717) is 0 Å². The van der Waals surface area contributed by atoms with Crippen molar-refractivity contribution in [2.75, 3.05) is 0 Å². The first-order chi connectivity index (χ1) is 22.3. The molecule has 0 bridgehead atoms. The summed E-state index contributed by atoms with van der Waals surface area (Å²) in [5, 5.41) is 7.04. The van der Waals surface area contributed by atoms with E-state index in [4.69, 9.17) is 8.83 Å². The summed E-state index contributed by atoms with van der Waals surface area (Å²) in [5.74, 6) is 0. The van der Waals surface area contributed by atoms with Gasteiger partial charge in [0.1, 0.15) is 22.3 Å². The highest BCUT2D eigenvalue weighted by molar-refractivity contribution is 6.15. The fourth-order valence-electron chi connectivity index (χ4n) is 7.16. The zero-order chi connectivity index (χ0) is 29.5. The largest absolute Gasteiger partial charge is 0.456 e. The van der Waals surface area contributed by atoms with E-state index in [9.17, 15) is 0 Å². The molecule has 0 amide bonds. The summed E-state index contributed by atoms with van der Waals surface area (Å²) in [5.41, 5.74) is 11.8. The lowest BCUT2D eigenvalue weighted by atomic mass is 9.98. The number of furan rings is 2. The maximum absolute atomic E-state index is 6.21. The van der Waals surface area contributed by atoms with Crippen LogP contribution in [0.5, 0.6) is 0 Å². The van der Waals surface area contributed by atoms with Gasteiger partial charge in [0.25, 0.3) is 0 Å². The first-order valence-corrected chi connectivity index (χ1v) is 15.3. The van der Waals surface area contributed by atoms with Gasteiger partial charge in [-0.3, -0.25) is 0 Å². The average molecular weight is 576 g/mol. The van der Waals surface area contributed by atoms with Gasteiger partial charge in [-0.05, 0) is 82.9 Å². The Morgan fingerprint density at radius 1 is 0.356 bits per heavy atom. The van der Waals surface area contributed by atoms with Crippen molar-refractivity contribution in [1.29, 1.82) is 0 Å². The second-order valence-corrected chi connectivity index (χ2v) is 11.7. The van der Waals surface area contributed by atoms with Gasteiger partial charge in [0.05, 0.1) is 11.0 Å². The van der Waals surface area contributed by atoms with Crippen LogP contribution in [0.4, 0.5) is 0 Å². The van der Waals surface area contributed by atoms with Crippen LogP contribution in [0.1, 0.15) is 0 Å². The van der Waals surface area contributed by atoms with Crippen LogP contribution in [-0.2, 0) is 0 Å². The van der Waals surface area contributed by atoms with Crippen molar-refractivity contribution in [3.8, 4) is 27.9 Å². The van der Waals surface area contributed by atoms with Crippen molar-refractivity contribution in [1.82, 2.24) is 4.57 Å². The Bertz CT molecular complexity index is 2770. The van der Waals surface area contributed by atoms with Gasteiger partial charge in [-0.2, -0.15) is 0 Å². The molecule has 3 nitrogen and oxygen atoms in total. The van der Waals surface area contributed by atoms with Crippen LogP contribution in [-0.4, -0.2) is 4.57 Å². The van der Waals surface area contributed by atoms with Crippen LogP contribution in [0, 0.1) is 0 Å². The normalized spacial score (nSPS) is 12.0. The SMILES string of the molecule is c1cc(-c2ccc3oc4ccccc4c3c2)cc(-n2c3ccccc3c3cc(-c4cccc5oc6ccccc6c45)ccc32)c1. The Kier molecular flexibility index (Phi) is 5.00. The number of fused-ring (bicyclic) bond motifs is 9. The molecular formula is C42H25NO2. The summed E-state index contributed by atoms with van der Waals surface area (Å²) in [6, 6.07) is 53.8. The molecule has 7 aromatic carbocycles. The van der Waals surface area contributed by atoms with Crippen molar-refractivity contribution in [2.24, 2.45) is 0 Å². The molecule has 10 rings (SSSR count). The maximum atomic E-state index is 6.21. The Morgan fingerprint density at radius 2 is 0.978 bits per heavy atom. The molecule has 0 spiro atoms. The molecule has 3 heteroatoms. The summed E-state index contributed by atoms with van der Waals surface area (Å²) in [7, 11) is 0. The smallest absolute Gasteiger partial charge is 0.136 e. The number of rotatable bonds is 3. The second kappa shape index (κ2) is 9.22. The molecule has 0 aliphatic rings. The minimum atomic E-state index is 0.911. The highest BCUT2D eigenvalue weighted by Gasteiger charge is 2.17. The Morgan fingerprint density at radius 3 is 1.89 bits per heavy atom. The van der Waals surface area contributed by atoms with E-state index in [1.54, 1.807) is 0 Å². The molecule has 45 heavy (non-hydrogen) atoms. The quantitative estimate of drug-likeness (QED) is 0.210. The minimum absolute atomic E-state index is 0.911. The third-order valence-electron chi connectivity index (χ3n) is 9.20. The molecule has 0 radical (unpaired) electrons. The number of benzene rings is 7. The first-order valence-electron chi connectivity index (χ1n) is 15.3. The Labute approximate surface area is 258 Å². The lowest BCUT2D eigenvalue weighted by Crippen LogP contribution is -1.94. The van der Waals surface area contributed by atoms with Crippen molar-refractivity contribution in [2.45, 2.75) is 0 Å². The summed E-state index contributed by atoms with van der Waals surface area (Å²) in [4.78, 5) is 0. The fourth-order valence-corrected chi connectivity index (χ4v) is 7.16. The van der Waals surface area contributed by atoms with E-state index < -0.39 is 0 Å². The van der Waals surface area contributed by atoms with Crippen LogP contribution in [0.25, 0.3) is 93.6 Å². The first kappa shape index (κ1) is 24.4. The number of hydrogen-bond donors (Lipinski definition) is 0. The van der Waals surface area contributed by atoms with Crippen LogP contribution >= 0.6 is 0 Å². The van der Waals surface area contributed by atoms with Gasteiger partial charge in [0, 0.05) is 38.0 Å². The lowest BCUT2D eigenvalue weighted by Gasteiger charge is -2.11. The third kappa shape index (κ3) is 3.58. The van der Waals surface area contributed by atoms with Crippen LogP contribution in [0.3, 0.4) is 0 Å². The summed E-state index contributed by atoms with van der Waals surface area (Å²) in [6.45, 7) is 0. The maximum Gasteiger partial charge on any atom is 0.136 e. The molecule has 0 N–H and O–H groups in total.